The van der Waals surface area contributed by atoms with Crippen LogP contribution < -0.4 is 5.32 Å². The first kappa shape index (κ1) is 20.1. The van der Waals surface area contributed by atoms with Gasteiger partial charge in [-0.05, 0) is 29.5 Å². The van der Waals surface area contributed by atoms with Gasteiger partial charge in [-0.25, -0.2) is 0 Å². The van der Waals surface area contributed by atoms with E-state index in [1.807, 2.05) is 53.4 Å². The Morgan fingerprint density at radius 3 is 2.46 bits per heavy atom. The van der Waals surface area contributed by atoms with Gasteiger partial charge in [0.1, 0.15) is 6.04 Å². The minimum Gasteiger partial charge on any atom is -0.468 e. The van der Waals surface area contributed by atoms with E-state index in [0.717, 1.165) is 29.5 Å². The number of fused-ring (bicyclic) bond motifs is 1. The fraction of sp³-hybridized carbons (Fsp3) is 0.391. The van der Waals surface area contributed by atoms with Crippen LogP contribution in [-0.4, -0.2) is 36.5 Å². The molecule has 0 aliphatic carbocycles. The average Bonchev–Trinajstić information content (AvgIpc) is 2.73. The Morgan fingerprint density at radius 2 is 1.79 bits per heavy atom. The molecule has 0 saturated heterocycles. The van der Waals surface area contributed by atoms with Crippen LogP contribution in [0.5, 0.6) is 0 Å². The molecule has 1 N–H and O–H groups in total. The van der Waals surface area contributed by atoms with Gasteiger partial charge in [0.05, 0.1) is 19.7 Å². The summed E-state index contributed by atoms with van der Waals surface area (Å²) in [4.78, 5) is 27.1. The largest absolute Gasteiger partial charge is 0.468 e. The Morgan fingerprint density at radius 1 is 1.11 bits per heavy atom. The van der Waals surface area contributed by atoms with E-state index < -0.39 is 6.04 Å². The predicted molar refractivity (Wildman–Crippen MR) is 109 cm³/mol. The van der Waals surface area contributed by atoms with Crippen LogP contribution in [0, 0.1) is 0 Å². The highest BCUT2D eigenvalue weighted by Gasteiger charge is 2.33. The number of carbonyl (C=O) groups excluding carboxylic acids is 2. The summed E-state index contributed by atoms with van der Waals surface area (Å²) in [5, 5.41) is 3.15. The number of benzene rings is 2. The van der Waals surface area contributed by atoms with Gasteiger partial charge in [0.25, 0.3) is 0 Å². The lowest BCUT2D eigenvalue weighted by Crippen LogP contribution is -2.50. The molecule has 0 saturated carbocycles. The molecular formula is C23H28N2O3. The topological polar surface area (TPSA) is 58.6 Å². The minimum atomic E-state index is -0.438. The number of methoxy groups -OCH3 is 1. The SMILES string of the molecule is CCCC(NC(=O)CN1Cc2ccccc2CC1C(=O)OC)c1ccccc1. The van der Waals surface area contributed by atoms with Gasteiger partial charge in [-0.1, -0.05) is 67.9 Å². The first-order valence-electron chi connectivity index (χ1n) is 9.85. The van der Waals surface area contributed by atoms with Crippen molar-refractivity contribution >= 4 is 11.9 Å². The van der Waals surface area contributed by atoms with Crippen LogP contribution in [0.25, 0.3) is 0 Å². The van der Waals surface area contributed by atoms with Crippen molar-refractivity contribution in [3.05, 3.63) is 71.3 Å². The second-order valence-electron chi connectivity index (χ2n) is 7.24. The standard InChI is InChI=1S/C23H28N2O3/c1-3-9-20(17-10-5-4-6-11-17)24-22(26)16-25-15-19-13-8-7-12-18(19)14-21(25)23(27)28-2/h4-8,10-13,20-21H,3,9,14-16H2,1-2H3,(H,24,26). The number of nitrogens with one attached hydrogen (secondary N) is 1. The average molecular weight is 380 g/mol. The minimum absolute atomic E-state index is 0.0210. The molecule has 0 aromatic heterocycles. The van der Waals surface area contributed by atoms with Crippen molar-refractivity contribution in [1.82, 2.24) is 10.2 Å². The number of ether oxygens (including phenoxy) is 1. The lowest BCUT2D eigenvalue weighted by molar-refractivity contribution is -0.148. The molecule has 5 heteroatoms. The maximum absolute atomic E-state index is 12.8. The van der Waals surface area contributed by atoms with Crippen molar-refractivity contribution in [2.24, 2.45) is 0 Å². The number of amides is 1. The normalized spacial score (nSPS) is 17.4. The number of esters is 1. The van der Waals surface area contributed by atoms with Crippen LogP contribution in [0.1, 0.15) is 42.5 Å². The second kappa shape index (κ2) is 9.51. The third-order valence-electron chi connectivity index (χ3n) is 5.28. The van der Waals surface area contributed by atoms with E-state index in [4.69, 9.17) is 4.74 Å². The van der Waals surface area contributed by atoms with E-state index in [1.54, 1.807) is 0 Å². The fourth-order valence-electron chi connectivity index (χ4n) is 3.83. The molecule has 0 bridgehead atoms. The molecule has 2 aromatic carbocycles. The van der Waals surface area contributed by atoms with Gasteiger partial charge >= 0.3 is 5.97 Å². The zero-order valence-corrected chi connectivity index (χ0v) is 16.6. The summed E-state index contributed by atoms with van der Waals surface area (Å²) in [6, 6.07) is 17.6. The summed E-state index contributed by atoms with van der Waals surface area (Å²) in [5.41, 5.74) is 3.40. The van der Waals surface area contributed by atoms with E-state index in [9.17, 15) is 9.59 Å². The number of carbonyl (C=O) groups is 2. The van der Waals surface area contributed by atoms with Crippen LogP contribution in [0.4, 0.5) is 0 Å². The molecule has 0 fully saturated rings. The molecule has 1 aliphatic heterocycles. The summed E-state index contributed by atoms with van der Waals surface area (Å²) < 4.78 is 4.99. The van der Waals surface area contributed by atoms with Crippen LogP contribution in [0.3, 0.4) is 0 Å². The van der Waals surface area contributed by atoms with Crippen molar-refractivity contribution in [3.8, 4) is 0 Å². The van der Waals surface area contributed by atoms with Crippen LogP contribution in [0.2, 0.25) is 0 Å². The first-order chi connectivity index (χ1) is 13.6. The molecule has 148 valence electrons. The smallest absolute Gasteiger partial charge is 0.323 e. The predicted octanol–water partition coefficient (Wildman–Crippen LogP) is 3.24. The van der Waals surface area contributed by atoms with Gasteiger partial charge in [-0.2, -0.15) is 0 Å². The molecule has 1 amide bonds. The lowest BCUT2D eigenvalue weighted by atomic mass is 9.94. The van der Waals surface area contributed by atoms with Crippen LogP contribution in [-0.2, 0) is 27.3 Å². The summed E-state index contributed by atoms with van der Waals surface area (Å²) in [7, 11) is 1.40. The van der Waals surface area contributed by atoms with E-state index >= 15 is 0 Å². The maximum atomic E-state index is 12.8. The molecule has 2 aromatic rings. The Balaban J connectivity index is 1.72. The quantitative estimate of drug-likeness (QED) is 0.749. The number of nitrogens with zero attached hydrogens (tertiary/aromatic N) is 1. The van der Waals surface area contributed by atoms with Crippen molar-refractivity contribution in [2.45, 2.75) is 44.8 Å². The van der Waals surface area contributed by atoms with Gasteiger partial charge in [0.15, 0.2) is 0 Å². The van der Waals surface area contributed by atoms with E-state index in [0.29, 0.717) is 13.0 Å². The van der Waals surface area contributed by atoms with E-state index in [1.165, 1.54) is 7.11 Å². The number of hydrogen-bond donors (Lipinski definition) is 1. The first-order valence-corrected chi connectivity index (χ1v) is 9.85. The van der Waals surface area contributed by atoms with Gasteiger partial charge < -0.3 is 10.1 Å². The molecule has 0 spiro atoms. The molecule has 2 atom stereocenters. The summed E-state index contributed by atoms with van der Waals surface area (Å²) in [6.45, 7) is 2.84. The lowest BCUT2D eigenvalue weighted by Gasteiger charge is -2.35. The Kier molecular flexibility index (Phi) is 6.82. The molecular weight excluding hydrogens is 352 g/mol. The Hall–Kier alpha value is -2.66. The highest BCUT2D eigenvalue weighted by molar-refractivity contribution is 5.81. The molecule has 3 rings (SSSR count). The second-order valence-corrected chi connectivity index (χ2v) is 7.24. The molecule has 5 nitrogen and oxygen atoms in total. The third kappa shape index (κ3) is 4.78. The molecule has 28 heavy (non-hydrogen) atoms. The van der Waals surface area contributed by atoms with E-state index in [-0.39, 0.29) is 24.5 Å². The number of rotatable bonds is 7. The van der Waals surface area contributed by atoms with Crippen molar-refractivity contribution in [3.63, 3.8) is 0 Å². The zero-order chi connectivity index (χ0) is 19.9. The highest BCUT2D eigenvalue weighted by atomic mass is 16.5. The van der Waals surface area contributed by atoms with Gasteiger partial charge in [0.2, 0.25) is 5.91 Å². The molecule has 1 heterocycles. The summed E-state index contributed by atoms with van der Waals surface area (Å²) >= 11 is 0. The molecule has 0 radical (unpaired) electrons. The van der Waals surface area contributed by atoms with Gasteiger partial charge in [-0.15, -0.1) is 0 Å². The number of hydrogen-bond acceptors (Lipinski definition) is 4. The van der Waals surface area contributed by atoms with E-state index in [2.05, 4.69) is 18.3 Å². The maximum Gasteiger partial charge on any atom is 0.323 e. The highest BCUT2D eigenvalue weighted by Crippen LogP contribution is 2.24. The van der Waals surface area contributed by atoms with Gasteiger partial charge in [-0.3, -0.25) is 14.5 Å². The Labute approximate surface area is 166 Å². The van der Waals surface area contributed by atoms with Crippen molar-refractivity contribution in [1.29, 1.82) is 0 Å². The molecule has 1 aliphatic rings. The van der Waals surface area contributed by atoms with Crippen LogP contribution in [0.15, 0.2) is 54.6 Å². The van der Waals surface area contributed by atoms with Crippen LogP contribution >= 0.6 is 0 Å². The monoisotopic (exact) mass is 380 g/mol. The van der Waals surface area contributed by atoms with Crippen molar-refractivity contribution in [2.75, 3.05) is 13.7 Å². The summed E-state index contributed by atoms with van der Waals surface area (Å²) in [6.07, 6.45) is 2.41. The molecule has 2 unspecified atom stereocenters. The fourth-order valence-corrected chi connectivity index (χ4v) is 3.83. The van der Waals surface area contributed by atoms with Gasteiger partial charge in [0, 0.05) is 6.54 Å². The van der Waals surface area contributed by atoms with Crippen molar-refractivity contribution < 1.29 is 14.3 Å². The zero-order valence-electron chi connectivity index (χ0n) is 16.6. The Bertz CT molecular complexity index is 807. The summed E-state index contributed by atoms with van der Waals surface area (Å²) in [5.74, 6) is -0.369. The third-order valence-corrected chi connectivity index (χ3v) is 5.28.